The van der Waals surface area contributed by atoms with Crippen molar-refractivity contribution in [3.8, 4) is 0 Å². The smallest absolute Gasteiger partial charge is 0.0644 e. The van der Waals surface area contributed by atoms with E-state index in [9.17, 15) is 0 Å². The second-order valence-corrected chi connectivity index (χ2v) is 4.95. The van der Waals surface area contributed by atoms with Crippen LogP contribution in [-0.4, -0.2) is 16.3 Å². The molecule has 0 radical (unpaired) electrons. The number of rotatable bonds is 6. The van der Waals surface area contributed by atoms with E-state index in [1.54, 1.807) is 0 Å². The quantitative estimate of drug-likeness (QED) is 0.820. The second kappa shape index (κ2) is 6.20. The SMILES string of the molecule is CCCC(C)n1nc(C)c(C(C)NCC)c1C. The maximum atomic E-state index is 4.71. The summed E-state index contributed by atoms with van der Waals surface area (Å²) in [6.07, 6.45) is 2.40. The van der Waals surface area contributed by atoms with Crippen molar-refractivity contribution in [3.63, 3.8) is 0 Å². The van der Waals surface area contributed by atoms with Gasteiger partial charge in [0.25, 0.3) is 0 Å². The van der Waals surface area contributed by atoms with Crippen LogP contribution in [0.15, 0.2) is 0 Å². The molecule has 0 aliphatic rings. The van der Waals surface area contributed by atoms with Crippen molar-refractivity contribution in [2.24, 2.45) is 0 Å². The third-order valence-corrected chi connectivity index (χ3v) is 3.45. The zero-order valence-electron chi connectivity index (χ0n) is 12.2. The molecular formula is C14H27N3. The van der Waals surface area contributed by atoms with Crippen molar-refractivity contribution < 1.29 is 0 Å². The highest BCUT2D eigenvalue weighted by molar-refractivity contribution is 5.28. The number of aromatic nitrogens is 2. The van der Waals surface area contributed by atoms with E-state index in [1.807, 2.05) is 0 Å². The van der Waals surface area contributed by atoms with Crippen molar-refractivity contribution in [2.75, 3.05) is 6.54 Å². The molecule has 2 atom stereocenters. The molecule has 1 aromatic heterocycles. The van der Waals surface area contributed by atoms with Crippen molar-refractivity contribution in [1.29, 1.82) is 0 Å². The summed E-state index contributed by atoms with van der Waals surface area (Å²) < 4.78 is 2.20. The largest absolute Gasteiger partial charge is 0.310 e. The molecule has 1 heterocycles. The molecule has 0 aliphatic carbocycles. The number of nitrogens with zero attached hydrogens (tertiary/aromatic N) is 2. The topological polar surface area (TPSA) is 29.9 Å². The van der Waals surface area contributed by atoms with Crippen LogP contribution in [-0.2, 0) is 0 Å². The average Bonchev–Trinajstić information content (AvgIpc) is 2.55. The highest BCUT2D eigenvalue weighted by atomic mass is 15.3. The number of nitrogens with one attached hydrogen (secondary N) is 1. The summed E-state index contributed by atoms with van der Waals surface area (Å²) in [5.74, 6) is 0. The molecule has 3 nitrogen and oxygen atoms in total. The Bertz CT molecular complexity index is 355. The van der Waals surface area contributed by atoms with Gasteiger partial charge in [0.2, 0.25) is 0 Å². The summed E-state index contributed by atoms with van der Waals surface area (Å²) in [4.78, 5) is 0. The Labute approximate surface area is 106 Å². The molecule has 0 fully saturated rings. The minimum atomic E-state index is 0.391. The van der Waals surface area contributed by atoms with Crippen LogP contribution in [0.25, 0.3) is 0 Å². The van der Waals surface area contributed by atoms with E-state index < -0.39 is 0 Å². The van der Waals surface area contributed by atoms with Gasteiger partial charge in [0, 0.05) is 23.3 Å². The molecule has 3 heteroatoms. The van der Waals surface area contributed by atoms with Crippen LogP contribution in [0.1, 0.15) is 69.6 Å². The molecule has 1 N–H and O–H groups in total. The molecule has 2 unspecified atom stereocenters. The highest BCUT2D eigenvalue weighted by Crippen LogP contribution is 2.25. The van der Waals surface area contributed by atoms with Crippen molar-refractivity contribution >= 4 is 0 Å². The maximum absolute atomic E-state index is 4.71. The Balaban J connectivity index is 3.00. The van der Waals surface area contributed by atoms with Crippen LogP contribution in [0.4, 0.5) is 0 Å². The molecule has 0 aliphatic heterocycles. The fourth-order valence-electron chi connectivity index (χ4n) is 2.68. The van der Waals surface area contributed by atoms with E-state index in [2.05, 4.69) is 51.5 Å². The Morgan fingerprint density at radius 1 is 1.24 bits per heavy atom. The lowest BCUT2D eigenvalue weighted by Gasteiger charge is -2.16. The van der Waals surface area contributed by atoms with E-state index in [0.717, 1.165) is 6.54 Å². The number of hydrogen-bond acceptors (Lipinski definition) is 2. The Morgan fingerprint density at radius 3 is 2.41 bits per heavy atom. The predicted octanol–water partition coefficient (Wildman–Crippen LogP) is 3.53. The minimum Gasteiger partial charge on any atom is -0.310 e. The van der Waals surface area contributed by atoms with E-state index >= 15 is 0 Å². The fourth-order valence-corrected chi connectivity index (χ4v) is 2.68. The lowest BCUT2D eigenvalue weighted by molar-refractivity contribution is 0.442. The van der Waals surface area contributed by atoms with Crippen LogP contribution >= 0.6 is 0 Å². The predicted molar refractivity (Wildman–Crippen MR) is 73.4 cm³/mol. The van der Waals surface area contributed by atoms with Crippen LogP contribution in [0.5, 0.6) is 0 Å². The van der Waals surface area contributed by atoms with Gasteiger partial charge < -0.3 is 5.32 Å². The molecule has 1 aromatic rings. The van der Waals surface area contributed by atoms with E-state index in [0.29, 0.717) is 12.1 Å². The first kappa shape index (κ1) is 14.2. The normalized spacial score (nSPS) is 14.9. The van der Waals surface area contributed by atoms with Crippen molar-refractivity contribution in [3.05, 3.63) is 17.0 Å². The average molecular weight is 237 g/mol. The zero-order chi connectivity index (χ0) is 13.0. The Kier molecular flexibility index (Phi) is 5.19. The standard InChI is InChI=1S/C14H27N3/c1-7-9-10(3)17-13(6)14(12(5)16-17)11(4)15-8-2/h10-11,15H,7-9H2,1-6H3. The molecule has 0 saturated carbocycles. The summed E-state index contributed by atoms with van der Waals surface area (Å²) in [5, 5.41) is 8.18. The van der Waals surface area contributed by atoms with Crippen LogP contribution in [0.2, 0.25) is 0 Å². The molecule has 98 valence electrons. The van der Waals surface area contributed by atoms with Crippen LogP contribution < -0.4 is 5.32 Å². The molecule has 0 spiro atoms. The Morgan fingerprint density at radius 2 is 1.88 bits per heavy atom. The molecule has 0 saturated heterocycles. The zero-order valence-corrected chi connectivity index (χ0v) is 12.2. The Hall–Kier alpha value is -0.830. The monoisotopic (exact) mass is 237 g/mol. The van der Waals surface area contributed by atoms with Crippen LogP contribution in [0, 0.1) is 13.8 Å². The van der Waals surface area contributed by atoms with E-state index in [1.165, 1.54) is 29.8 Å². The van der Waals surface area contributed by atoms with Gasteiger partial charge in [-0.1, -0.05) is 20.3 Å². The third kappa shape index (κ3) is 3.09. The van der Waals surface area contributed by atoms with Gasteiger partial charge >= 0.3 is 0 Å². The summed E-state index contributed by atoms with van der Waals surface area (Å²) >= 11 is 0. The van der Waals surface area contributed by atoms with Crippen molar-refractivity contribution in [2.45, 2.75) is 66.5 Å². The van der Waals surface area contributed by atoms with Gasteiger partial charge in [-0.2, -0.15) is 5.10 Å². The lowest BCUT2D eigenvalue weighted by Crippen LogP contribution is -2.19. The number of aryl methyl sites for hydroxylation is 1. The first-order valence-electron chi connectivity index (χ1n) is 6.81. The molecular weight excluding hydrogens is 210 g/mol. The van der Waals surface area contributed by atoms with Gasteiger partial charge in [-0.05, 0) is 40.7 Å². The fraction of sp³-hybridized carbons (Fsp3) is 0.786. The third-order valence-electron chi connectivity index (χ3n) is 3.45. The lowest BCUT2D eigenvalue weighted by atomic mass is 10.1. The first-order chi connectivity index (χ1) is 8.02. The van der Waals surface area contributed by atoms with Gasteiger partial charge in [0.1, 0.15) is 0 Å². The molecule has 17 heavy (non-hydrogen) atoms. The summed E-state index contributed by atoms with van der Waals surface area (Å²) in [6, 6.07) is 0.892. The molecule has 1 rings (SSSR count). The maximum Gasteiger partial charge on any atom is 0.0644 e. The van der Waals surface area contributed by atoms with Crippen LogP contribution in [0.3, 0.4) is 0 Å². The number of hydrogen-bond donors (Lipinski definition) is 1. The first-order valence-corrected chi connectivity index (χ1v) is 6.81. The summed E-state index contributed by atoms with van der Waals surface area (Å²) in [7, 11) is 0. The van der Waals surface area contributed by atoms with E-state index in [4.69, 9.17) is 5.10 Å². The molecule has 0 bridgehead atoms. The van der Waals surface area contributed by atoms with E-state index in [-0.39, 0.29) is 0 Å². The summed E-state index contributed by atoms with van der Waals surface area (Å²) in [6.45, 7) is 14.1. The van der Waals surface area contributed by atoms with Gasteiger partial charge in [-0.3, -0.25) is 4.68 Å². The molecule has 0 aromatic carbocycles. The van der Waals surface area contributed by atoms with Gasteiger partial charge in [0.05, 0.1) is 5.69 Å². The highest BCUT2D eigenvalue weighted by Gasteiger charge is 2.18. The van der Waals surface area contributed by atoms with Crippen molar-refractivity contribution in [1.82, 2.24) is 15.1 Å². The summed E-state index contributed by atoms with van der Waals surface area (Å²) in [5.41, 5.74) is 3.85. The second-order valence-electron chi connectivity index (χ2n) is 4.95. The van der Waals surface area contributed by atoms with Gasteiger partial charge in [-0.25, -0.2) is 0 Å². The molecule has 0 amide bonds. The van der Waals surface area contributed by atoms with Gasteiger partial charge in [-0.15, -0.1) is 0 Å². The van der Waals surface area contributed by atoms with Gasteiger partial charge in [0.15, 0.2) is 0 Å². The minimum absolute atomic E-state index is 0.391.